The second-order valence-electron chi connectivity index (χ2n) is 4.71. The van der Waals surface area contributed by atoms with Gasteiger partial charge in [0.2, 0.25) is 0 Å². The Bertz CT molecular complexity index is 396. The van der Waals surface area contributed by atoms with Crippen molar-refractivity contribution in [1.29, 1.82) is 0 Å². The van der Waals surface area contributed by atoms with Crippen molar-refractivity contribution < 1.29 is 9.13 Å². The molecule has 3 heteroatoms. The van der Waals surface area contributed by atoms with Crippen LogP contribution in [-0.4, -0.2) is 18.8 Å². The molecule has 0 atom stereocenters. The summed E-state index contributed by atoms with van der Waals surface area (Å²) in [5.41, 5.74) is 6.48. The molecule has 0 unspecified atom stereocenters. The highest BCUT2D eigenvalue weighted by atomic mass is 19.1. The molecule has 1 heterocycles. The van der Waals surface area contributed by atoms with Crippen LogP contribution in [0.25, 0.3) is 0 Å². The predicted molar refractivity (Wildman–Crippen MR) is 55.0 cm³/mol. The minimum absolute atomic E-state index is 0.155. The average molecular weight is 207 g/mol. The van der Waals surface area contributed by atoms with E-state index in [1.807, 2.05) is 12.1 Å². The molecule has 80 valence electrons. The van der Waals surface area contributed by atoms with E-state index in [4.69, 9.17) is 10.5 Å². The summed E-state index contributed by atoms with van der Waals surface area (Å²) >= 11 is 0. The second kappa shape index (κ2) is 2.80. The van der Waals surface area contributed by atoms with Crippen molar-refractivity contribution >= 4 is 0 Å². The Kier molecular flexibility index (Phi) is 1.74. The maximum absolute atomic E-state index is 13.8. The number of nitrogens with two attached hydrogens (primary N) is 1. The lowest BCUT2D eigenvalue weighted by Crippen LogP contribution is -2.61. The van der Waals surface area contributed by atoms with Crippen LogP contribution in [-0.2, 0) is 10.2 Å². The van der Waals surface area contributed by atoms with Crippen LogP contribution in [0.2, 0.25) is 0 Å². The van der Waals surface area contributed by atoms with Crippen LogP contribution < -0.4 is 5.73 Å². The molecular weight excluding hydrogens is 193 g/mol. The van der Waals surface area contributed by atoms with Crippen LogP contribution in [0.3, 0.4) is 0 Å². The third-order valence-corrected chi connectivity index (χ3v) is 3.83. The predicted octanol–water partition coefficient (Wildman–Crippen LogP) is 1.58. The van der Waals surface area contributed by atoms with Gasteiger partial charge in [0.05, 0.1) is 18.6 Å². The fourth-order valence-corrected chi connectivity index (χ4v) is 2.48. The first-order valence-corrected chi connectivity index (χ1v) is 5.30. The maximum Gasteiger partial charge on any atom is 0.127 e. The number of ether oxygens (including phenoxy) is 1. The van der Waals surface area contributed by atoms with Gasteiger partial charge in [-0.25, -0.2) is 4.39 Å². The number of hydrogen-bond donors (Lipinski definition) is 1. The standard InChI is InChI=1S/C12H14FNO/c13-10-4-2-1-3-9(10)11(7-15-8-11)12(14)5-6-12/h1-4H,5-8,14H2. The quantitative estimate of drug-likeness (QED) is 0.799. The SMILES string of the molecule is NC1(C2(c3ccccc3F)COC2)CC1. The molecule has 0 spiro atoms. The molecule has 0 bridgehead atoms. The maximum atomic E-state index is 13.8. The van der Waals surface area contributed by atoms with Crippen molar-refractivity contribution in [3.05, 3.63) is 35.6 Å². The van der Waals surface area contributed by atoms with Crippen molar-refractivity contribution in [1.82, 2.24) is 0 Å². The number of benzene rings is 1. The summed E-state index contributed by atoms with van der Waals surface area (Å²) in [5.74, 6) is -0.155. The highest BCUT2D eigenvalue weighted by Crippen LogP contribution is 2.53. The Balaban J connectivity index is 2.08. The van der Waals surface area contributed by atoms with Crippen molar-refractivity contribution in [2.45, 2.75) is 23.8 Å². The smallest absolute Gasteiger partial charge is 0.127 e. The molecule has 1 aromatic rings. The Morgan fingerprint density at radius 3 is 2.33 bits per heavy atom. The Morgan fingerprint density at radius 2 is 1.87 bits per heavy atom. The molecule has 0 aromatic heterocycles. The normalized spacial score (nSPS) is 25.7. The molecule has 2 N–H and O–H groups in total. The number of hydrogen-bond acceptors (Lipinski definition) is 2. The summed E-state index contributed by atoms with van der Waals surface area (Å²) < 4.78 is 19.0. The topological polar surface area (TPSA) is 35.2 Å². The molecule has 0 amide bonds. The molecule has 2 nitrogen and oxygen atoms in total. The molecule has 15 heavy (non-hydrogen) atoms. The first-order chi connectivity index (χ1) is 7.18. The summed E-state index contributed by atoms with van der Waals surface area (Å²) in [5, 5.41) is 0. The van der Waals surface area contributed by atoms with Gasteiger partial charge < -0.3 is 10.5 Å². The summed E-state index contributed by atoms with van der Waals surface area (Å²) in [7, 11) is 0. The number of rotatable bonds is 2. The highest BCUT2D eigenvalue weighted by Gasteiger charge is 2.62. The van der Waals surface area contributed by atoms with Crippen molar-refractivity contribution in [3.63, 3.8) is 0 Å². The van der Waals surface area contributed by atoms with E-state index in [0.29, 0.717) is 13.2 Å². The zero-order chi connectivity index (χ0) is 10.5. The molecule has 0 radical (unpaired) electrons. The molecule has 2 aliphatic rings. The molecule has 1 aliphatic heterocycles. The average Bonchev–Trinajstić information content (AvgIpc) is 2.86. The van der Waals surface area contributed by atoms with E-state index in [0.717, 1.165) is 18.4 Å². The van der Waals surface area contributed by atoms with Crippen LogP contribution in [0.4, 0.5) is 4.39 Å². The van der Waals surface area contributed by atoms with E-state index in [1.54, 1.807) is 6.07 Å². The lowest BCUT2D eigenvalue weighted by atomic mass is 9.70. The van der Waals surface area contributed by atoms with Gasteiger partial charge in [-0.3, -0.25) is 0 Å². The van der Waals surface area contributed by atoms with E-state index in [9.17, 15) is 4.39 Å². The first kappa shape index (κ1) is 9.31. The zero-order valence-electron chi connectivity index (χ0n) is 8.50. The summed E-state index contributed by atoms with van der Waals surface area (Å²) in [4.78, 5) is 0. The van der Waals surface area contributed by atoms with Gasteiger partial charge >= 0.3 is 0 Å². The van der Waals surface area contributed by atoms with Gasteiger partial charge in [0.1, 0.15) is 5.82 Å². The highest BCUT2D eigenvalue weighted by molar-refractivity contribution is 5.38. The van der Waals surface area contributed by atoms with Gasteiger partial charge in [-0.15, -0.1) is 0 Å². The monoisotopic (exact) mass is 207 g/mol. The van der Waals surface area contributed by atoms with Gasteiger partial charge in [-0.2, -0.15) is 0 Å². The van der Waals surface area contributed by atoms with Crippen LogP contribution in [0, 0.1) is 5.82 Å². The Labute approximate surface area is 88.2 Å². The van der Waals surface area contributed by atoms with Gasteiger partial charge in [-0.1, -0.05) is 18.2 Å². The fraction of sp³-hybridized carbons (Fsp3) is 0.500. The van der Waals surface area contributed by atoms with E-state index in [1.165, 1.54) is 6.07 Å². The molecule has 1 aliphatic carbocycles. The van der Waals surface area contributed by atoms with E-state index in [2.05, 4.69) is 0 Å². The number of halogens is 1. The molecule has 1 aromatic carbocycles. The van der Waals surface area contributed by atoms with Crippen LogP contribution in [0.5, 0.6) is 0 Å². The molecule has 1 saturated carbocycles. The summed E-state index contributed by atoms with van der Waals surface area (Å²) in [6.07, 6.45) is 1.95. The van der Waals surface area contributed by atoms with E-state index < -0.39 is 0 Å². The van der Waals surface area contributed by atoms with E-state index >= 15 is 0 Å². The molecule has 2 fully saturated rings. The van der Waals surface area contributed by atoms with Gasteiger partial charge in [0, 0.05) is 11.1 Å². The van der Waals surface area contributed by atoms with Gasteiger partial charge in [0.15, 0.2) is 0 Å². The Morgan fingerprint density at radius 1 is 1.20 bits per heavy atom. The van der Waals surface area contributed by atoms with Crippen LogP contribution in [0.15, 0.2) is 24.3 Å². The first-order valence-electron chi connectivity index (χ1n) is 5.30. The van der Waals surface area contributed by atoms with Gasteiger partial charge in [0.25, 0.3) is 0 Å². The summed E-state index contributed by atoms with van der Waals surface area (Å²) in [6, 6.07) is 6.91. The molecule has 1 saturated heterocycles. The lowest BCUT2D eigenvalue weighted by Gasteiger charge is -2.47. The van der Waals surface area contributed by atoms with Crippen LogP contribution in [0.1, 0.15) is 18.4 Å². The lowest BCUT2D eigenvalue weighted by molar-refractivity contribution is -0.0802. The summed E-state index contributed by atoms with van der Waals surface area (Å²) in [6.45, 7) is 1.12. The molecular formula is C12H14FNO. The van der Waals surface area contributed by atoms with Crippen molar-refractivity contribution in [2.75, 3.05) is 13.2 Å². The van der Waals surface area contributed by atoms with Crippen molar-refractivity contribution in [2.24, 2.45) is 5.73 Å². The third kappa shape index (κ3) is 1.11. The van der Waals surface area contributed by atoms with Crippen molar-refractivity contribution in [3.8, 4) is 0 Å². The Hall–Kier alpha value is -0.930. The fourth-order valence-electron chi connectivity index (χ4n) is 2.48. The zero-order valence-corrected chi connectivity index (χ0v) is 8.50. The largest absolute Gasteiger partial charge is 0.379 e. The van der Waals surface area contributed by atoms with E-state index in [-0.39, 0.29) is 16.8 Å². The third-order valence-electron chi connectivity index (χ3n) is 3.83. The van der Waals surface area contributed by atoms with Crippen LogP contribution >= 0.6 is 0 Å². The second-order valence-corrected chi connectivity index (χ2v) is 4.71. The minimum Gasteiger partial charge on any atom is -0.379 e. The minimum atomic E-state index is -0.266. The molecule has 3 rings (SSSR count). The van der Waals surface area contributed by atoms with Gasteiger partial charge in [-0.05, 0) is 18.9 Å².